The first-order valence-corrected chi connectivity index (χ1v) is 6.51. The number of aliphatic hydroxyl groups excluding tert-OH is 3. The molecule has 0 aromatic rings. The van der Waals surface area contributed by atoms with Crippen LogP contribution in [0.5, 0.6) is 0 Å². The third kappa shape index (κ3) is 1.95. The zero-order valence-corrected chi connectivity index (χ0v) is 10.0. The summed E-state index contributed by atoms with van der Waals surface area (Å²) in [4.78, 5) is 4.35. The van der Waals surface area contributed by atoms with Gasteiger partial charge in [-0.15, -0.1) is 0 Å². The minimum Gasteiger partial charge on any atom is -0.396 e. The lowest BCUT2D eigenvalue weighted by Crippen LogP contribution is -2.40. The van der Waals surface area contributed by atoms with Crippen molar-refractivity contribution in [1.29, 1.82) is 0 Å². The number of hydrogen-bond acceptors (Lipinski definition) is 5. The van der Waals surface area contributed by atoms with Gasteiger partial charge in [0.15, 0.2) is 5.17 Å². The summed E-state index contributed by atoms with van der Waals surface area (Å²) in [6.45, 7) is 2.71. The number of thioether (sulfide) groups is 1. The average Bonchev–Trinajstić information content (AvgIpc) is 2.78. The normalized spacial score (nSPS) is 44.8. The van der Waals surface area contributed by atoms with E-state index in [9.17, 15) is 15.3 Å². The van der Waals surface area contributed by atoms with E-state index in [0.29, 0.717) is 0 Å². The van der Waals surface area contributed by atoms with Crippen molar-refractivity contribution in [2.24, 2.45) is 10.9 Å². The Kier molecular flexibility index (Phi) is 3.73. The minimum absolute atomic E-state index is 0.0191. The maximum atomic E-state index is 9.82. The maximum Gasteiger partial charge on any atom is 0.157 e. The average molecular weight is 246 g/mol. The van der Waals surface area contributed by atoms with Crippen molar-refractivity contribution in [1.82, 2.24) is 5.32 Å². The second-order valence-electron chi connectivity index (χ2n) is 4.27. The van der Waals surface area contributed by atoms with Gasteiger partial charge in [0.25, 0.3) is 0 Å². The molecular formula is C10H18N2O3S. The summed E-state index contributed by atoms with van der Waals surface area (Å²) in [5.41, 5.74) is 0. The van der Waals surface area contributed by atoms with Crippen LogP contribution in [0.1, 0.15) is 13.3 Å². The predicted octanol–water partition coefficient (Wildman–Crippen LogP) is -0.830. The number of hydrogen-bond donors (Lipinski definition) is 4. The molecule has 1 saturated carbocycles. The van der Waals surface area contributed by atoms with Gasteiger partial charge in [0.1, 0.15) is 6.10 Å². The Morgan fingerprint density at radius 1 is 1.38 bits per heavy atom. The molecule has 5 nitrogen and oxygen atoms in total. The molecule has 0 unspecified atom stereocenters. The summed E-state index contributed by atoms with van der Waals surface area (Å²) >= 11 is 1.52. The van der Waals surface area contributed by atoms with E-state index in [-0.39, 0.29) is 23.8 Å². The van der Waals surface area contributed by atoms with Gasteiger partial charge in [-0.1, -0.05) is 18.7 Å². The van der Waals surface area contributed by atoms with Crippen molar-refractivity contribution in [3.8, 4) is 0 Å². The first-order chi connectivity index (χ1) is 7.69. The molecular weight excluding hydrogens is 228 g/mol. The lowest BCUT2D eigenvalue weighted by molar-refractivity contribution is 0.00147. The number of nitrogens with one attached hydrogen (secondary N) is 1. The fraction of sp³-hybridized carbons (Fsp3) is 0.900. The second kappa shape index (κ2) is 4.91. The van der Waals surface area contributed by atoms with E-state index in [1.807, 2.05) is 0 Å². The SMILES string of the molecule is CCCN=C1N[C@@H]2[C@@H](O)[C@H](O)[C@@H](CO)[C@@H]2S1. The molecule has 0 amide bonds. The molecule has 1 saturated heterocycles. The van der Waals surface area contributed by atoms with Gasteiger partial charge >= 0.3 is 0 Å². The summed E-state index contributed by atoms with van der Waals surface area (Å²) in [7, 11) is 0. The van der Waals surface area contributed by atoms with Crippen molar-refractivity contribution < 1.29 is 15.3 Å². The van der Waals surface area contributed by atoms with Gasteiger partial charge in [0, 0.05) is 24.3 Å². The lowest BCUT2D eigenvalue weighted by atomic mass is 10.1. The van der Waals surface area contributed by atoms with Crippen molar-refractivity contribution in [3.05, 3.63) is 0 Å². The molecule has 1 heterocycles. The van der Waals surface area contributed by atoms with Gasteiger partial charge in [-0.2, -0.15) is 0 Å². The zero-order chi connectivity index (χ0) is 11.7. The summed E-state index contributed by atoms with van der Waals surface area (Å²) in [5, 5.41) is 32.7. The van der Waals surface area contributed by atoms with Crippen LogP contribution in [-0.4, -0.2) is 57.1 Å². The molecule has 0 spiro atoms. The highest BCUT2D eigenvalue weighted by molar-refractivity contribution is 8.14. The lowest BCUT2D eigenvalue weighted by Gasteiger charge is -2.17. The van der Waals surface area contributed by atoms with Crippen LogP contribution in [0.25, 0.3) is 0 Å². The van der Waals surface area contributed by atoms with E-state index < -0.39 is 12.2 Å². The Bertz CT molecular complexity index is 287. The fourth-order valence-corrected chi connectivity index (χ4v) is 3.69. The van der Waals surface area contributed by atoms with Crippen LogP contribution in [-0.2, 0) is 0 Å². The molecule has 0 aromatic carbocycles. The smallest absolute Gasteiger partial charge is 0.157 e. The van der Waals surface area contributed by atoms with E-state index in [1.165, 1.54) is 11.8 Å². The number of aliphatic hydroxyl groups is 3. The molecule has 2 aliphatic rings. The predicted molar refractivity (Wildman–Crippen MR) is 63.5 cm³/mol. The zero-order valence-electron chi connectivity index (χ0n) is 9.21. The van der Waals surface area contributed by atoms with E-state index >= 15 is 0 Å². The maximum absolute atomic E-state index is 9.82. The first kappa shape index (κ1) is 12.2. The third-order valence-corrected chi connectivity index (χ3v) is 4.55. The minimum atomic E-state index is -0.840. The molecule has 1 aliphatic carbocycles. The summed E-state index contributed by atoms with van der Waals surface area (Å²) in [6, 6.07) is -0.187. The Labute approximate surface area is 99.0 Å². The molecule has 0 radical (unpaired) electrons. The van der Waals surface area contributed by atoms with Crippen molar-refractivity contribution in [2.45, 2.75) is 36.8 Å². The Morgan fingerprint density at radius 2 is 2.12 bits per heavy atom. The molecule has 16 heavy (non-hydrogen) atoms. The monoisotopic (exact) mass is 246 g/mol. The molecule has 2 fully saturated rings. The Morgan fingerprint density at radius 3 is 2.75 bits per heavy atom. The second-order valence-corrected chi connectivity index (χ2v) is 5.43. The summed E-state index contributed by atoms with van der Waals surface area (Å²) < 4.78 is 0. The first-order valence-electron chi connectivity index (χ1n) is 5.63. The Hall–Kier alpha value is -0.300. The topological polar surface area (TPSA) is 85.1 Å². The van der Waals surface area contributed by atoms with Crippen molar-refractivity contribution >= 4 is 16.9 Å². The number of rotatable bonds is 3. The molecule has 4 N–H and O–H groups in total. The molecule has 0 aromatic heterocycles. The van der Waals surface area contributed by atoms with Crippen LogP contribution in [0.2, 0.25) is 0 Å². The fourth-order valence-electron chi connectivity index (χ4n) is 2.26. The van der Waals surface area contributed by atoms with Crippen molar-refractivity contribution in [3.63, 3.8) is 0 Å². The summed E-state index contributed by atoms with van der Waals surface area (Å²) in [6.07, 6.45) is -0.674. The van der Waals surface area contributed by atoms with E-state index in [2.05, 4.69) is 17.2 Å². The van der Waals surface area contributed by atoms with E-state index in [1.54, 1.807) is 0 Å². The van der Waals surface area contributed by atoms with Gasteiger partial charge in [-0.25, -0.2) is 0 Å². The molecule has 0 bridgehead atoms. The quantitative estimate of drug-likeness (QED) is 0.522. The largest absolute Gasteiger partial charge is 0.396 e. The van der Waals surface area contributed by atoms with Crippen LogP contribution >= 0.6 is 11.8 Å². The van der Waals surface area contributed by atoms with Crippen molar-refractivity contribution in [2.75, 3.05) is 13.2 Å². The highest BCUT2D eigenvalue weighted by Gasteiger charge is 2.53. The number of nitrogens with zero attached hydrogens (tertiary/aromatic N) is 1. The van der Waals surface area contributed by atoms with Gasteiger partial charge in [-0.3, -0.25) is 4.99 Å². The van der Waals surface area contributed by atoms with Gasteiger partial charge in [0.2, 0.25) is 0 Å². The van der Waals surface area contributed by atoms with Crippen LogP contribution < -0.4 is 5.32 Å². The van der Waals surface area contributed by atoms with Gasteiger partial charge in [-0.05, 0) is 6.42 Å². The summed E-state index contributed by atoms with van der Waals surface area (Å²) in [5.74, 6) is -0.271. The Balaban J connectivity index is 2.07. The van der Waals surface area contributed by atoms with Crippen LogP contribution in [0, 0.1) is 5.92 Å². The van der Waals surface area contributed by atoms with E-state index in [4.69, 9.17) is 0 Å². The number of fused-ring (bicyclic) bond motifs is 1. The standard InChI is InChI=1S/C10H18N2O3S/c1-2-3-11-10-12-6-8(15)7(14)5(4-13)9(6)16-10/h5-9,13-15H,2-4H2,1H3,(H,11,12)/t5-,6-,7-,8-,9+/m1/s1. The molecule has 5 atom stereocenters. The van der Waals surface area contributed by atoms with Gasteiger partial charge < -0.3 is 20.6 Å². The van der Waals surface area contributed by atoms with Crippen LogP contribution in [0.15, 0.2) is 4.99 Å². The van der Waals surface area contributed by atoms with Crippen LogP contribution in [0.3, 0.4) is 0 Å². The van der Waals surface area contributed by atoms with Gasteiger partial charge in [0.05, 0.1) is 12.1 Å². The molecule has 1 aliphatic heterocycles. The third-order valence-electron chi connectivity index (χ3n) is 3.16. The highest BCUT2D eigenvalue weighted by Crippen LogP contribution is 2.40. The molecule has 92 valence electrons. The number of amidine groups is 1. The van der Waals surface area contributed by atoms with Crippen LogP contribution in [0.4, 0.5) is 0 Å². The van der Waals surface area contributed by atoms with E-state index in [0.717, 1.165) is 18.1 Å². The molecule has 2 rings (SSSR count). The molecule has 6 heteroatoms. The highest BCUT2D eigenvalue weighted by atomic mass is 32.2. The number of aliphatic imine (C=N–C) groups is 1.